The maximum Gasteiger partial charge on any atom is 0.305 e. The number of nitrogens with one attached hydrogen (secondary N) is 1. The van der Waals surface area contributed by atoms with Gasteiger partial charge in [-0.3, -0.25) is 4.79 Å². The summed E-state index contributed by atoms with van der Waals surface area (Å²) < 4.78 is 15.3. The molecule has 2 atom stereocenters. The Morgan fingerprint density at radius 2 is 2.10 bits per heavy atom. The van der Waals surface area contributed by atoms with Crippen LogP contribution >= 0.6 is 0 Å². The van der Waals surface area contributed by atoms with Crippen LogP contribution in [0.1, 0.15) is 51.2 Å². The summed E-state index contributed by atoms with van der Waals surface area (Å²) in [4.78, 5) is 11.4. The Bertz CT molecular complexity index is 526. The van der Waals surface area contributed by atoms with Gasteiger partial charge in [-0.15, -0.1) is 4.72 Å². The minimum atomic E-state index is -1.31. The molecule has 0 heterocycles. The van der Waals surface area contributed by atoms with Crippen molar-refractivity contribution in [2.75, 3.05) is 0 Å². The third-order valence-corrected chi connectivity index (χ3v) is 5.57. The van der Waals surface area contributed by atoms with Crippen molar-refractivity contribution < 1.29 is 14.5 Å². The zero-order valence-electron chi connectivity index (χ0n) is 12.8. The molecule has 0 fully saturated rings. The summed E-state index contributed by atoms with van der Waals surface area (Å²) in [7, 11) is 0. The van der Waals surface area contributed by atoms with Crippen LogP contribution in [-0.2, 0) is 28.1 Å². The Balaban J connectivity index is 2.42. The first-order chi connectivity index (χ1) is 9.74. The molecule has 1 aromatic rings. The first kappa shape index (κ1) is 16.3. The molecule has 116 valence electrons. The van der Waals surface area contributed by atoms with E-state index in [0.717, 1.165) is 24.0 Å². The van der Waals surface area contributed by atoms with Gasteiger partial charge in [0.05, 0.1) is 12.0 Å². The molecule has 2 N–H and O–H groups in total. The van der Waals surface area contributed by atoms with Crippen LogP contribution in [0.3, 0.4) is 0 Å². The Morgan fingerprint density at radius 3 is 2.71 bits per heavy atom. The lowest BCUT2D eigenvalue weighted by atomic mass is 9.75. The molecule has 1 aliphatic carbocycles. The number of rotatable bonds is 4. The van der Waals surface area contributed by atoms with E-state index in [1.807, 2.05) is 45.0 Å². The van der Waals surface area contributed by atoms with Crippen molar-refractivity contribution in [1.82, 2.24) is 4.72 Å². The maximum absolute atomic E-state index is 12.5. The molecule has 0 saturated carbocycles. The first-order valence-corrected chi connectivity index (χ1v) is 8.39. The molecule has 5 heteroatoms. The van der Waals surface area contributed by atoms with Crippen LogP contribution in [0.15, 0.2) is 24.3 Å². The van der Waals surface area contributed by atoms with Gasteiger partial charge >= 0.3 is 5.97 Å². The van der Waals surface area contributed by atoms with Crippen molar-refractivity contribution in [1.29, 1.82) is 0 Å². The van der Waals surface area contributed by atoms with E-state index in [2.05, 4.69) is 4.72 Å². The summed E-state index contributed by atoms with van der Waals surface area (Å²) in [5.41, 5.74) is 1.40. The van der Waals surface area contributed by atoms with Gasteiger partial charge in [0.25, 0.3) is 0 Å². The quantitative estimate of drug-likeness (QED) is 0.839. The molecule has 0 saturated heterocycles. The lowest BCUT2D eigenvalue weighted by Crippen LogP contribution is -2.53. The van der Waals surface area contributed by atoms with Gasteiger partial charge in [0.1, 0.15) is 4.75 Å². The number of carboxylic acid groups (broad SMARTS) is 1. The van der Waals surface area contributed by atoms with Crippen molar-refractivity contribution in [3.8, 4) is 0 Å². The number of carbonyl (C=O) groups is 1. The monoisotopic (exact) mass is 309 g/mol. The van der Waals surface area contributed by atoms with E-state index in [4.69, 9.17) is 0 Å². The van der Waals surface area contributed by atoms with Gasteiger partial charge in [-0.2, -0.15) is 0 Å². The van der Waals surface area contributed by atoms with E-state index >= 15 is 0 Å². The van der Waals surface area contributed by atoms with Gasteiger partial charge in [-0.25, -0.2) is 0 Å². The van der Waals surface area contributed by atoms with Crippen LogP contribution in [-0.4, -0.2) is 20.4 Å². The van der Waals surface area contributed by atoms with Crippen molar-refractivity contribution in [2.45, 2.75) is 56.7 Å². The second-order valence-electron chi connectivity index (χ2n) is 6.65. The van der Waals surface area contributed by atoms with Crippen molar-refractivity contribution in [3.63, 3.8) is 0 Å². The molecular weight excluding hydrogens is 286 g/mol. The maximum atomic E-state index is 12.5. The third-order valence-electron chi connectivity index (χ3n) is 3.88. The molecule has 0 unspecified atom stereocenters. The Kier molecular flexibility index (Phi) is 4.66. The smallest absolute Gasteiger partial charge is 0.305 e. The Hall–Kier alpha value is -1.04. The number of carboxylic acids is 1. The molecule has 2 rings (SSSR count). The second kappa shape index (κ2) is 5.99. The van der Waals surface area contributed by atoms with E-state index in [1.54, 1.807) is 0 Å². The SMILES string of the molecule is CC(C)(C)[S@+]([O-])N[C@@]1(CC(=O)O)CCCc2ccccc21. The van der Waals surface area contributed by atoms with Crippen molar-refractivity contribution >= 4 is 17.3 Å². The van der Waals surface area contributed by atoms with Crippen molar-refractivity contribution in [3.05, 3.63) is 35.4 Å². The van der Waals surface area contributed by atoms with Gasteiger partial charge in [-0.05, 0) is 51.2 Å². The third kappa shape index (κ3) is 3.59. The average molecular weight is 309 g/mol. The fraction of sp³-hybridized carbons (Fsp3) is 0.562. The minimum absolute atomic E-state index is 0.0498. The Labute approximate surface area is 129 Å². The van der Waals surface area contributed by atoms with Crippen LogP contribution < -0.4 is 4.72 Å². The van der Waals surface area contributed by atoms with Crippen molar-refractivity contribution in [2.24, 2.45) is 0 Å². The molecule has 1 aliphatic rings. The highest BCUT2D eigenvalue weighted by Crippen LogP contribution is 2.39. The molecule has 0 radical (unpaired) electrons. The van der Waals surface area contributed by atoms with Crippen LogP contribution in [0.25, 0.3) is 0 Å². The number of fused-ring (bicyclic) bond motifs is 1. The van der Waals surface area contributed by atoms with Gasteiger partial charge < -0.3 is 9.66 Å². The number of hydrogen-bond acceptors (Lipinski definition) is 3. The highest BCUT2D eigenvalue weighted by molar-refractivity contribution is 7.90. The Morgan fingerprint density at radius 1 is 1.43 bits per heavy atom. The molecule has 0 spiro atoms. The van der Waals surface area contributed by atoms with E-state index in [-0.39, 0.29) is 6.42 Å². The fourth-order valence-electron chi connectivity index (χ4n) is 2.83. The first-order valence-electron chi connectivity index (χ1n) is 7.24. The molecule has 0 aromatic heterocycles. The number of aliphatic carboxylic acids is 1. The van der Waals surface area contributed by atoms with E-state index in [0.29, 0.717) is 6.42 Å². The topological polar surface area (TPSA) is 72.4 Å². The van der Waals surface area contributed by atoms with Crippen LogP contribution in [0.4, 0.5) is 0 Å². The standard InChI is InChI=1S/C16H23NO3S/c1-15(2,3)21(20)17-16(11-14(18)19)10-6-8-12-7-4-5-9-13(12)16/h4-5,7,9,17H,6,8,10-11H2,1-3H3,(H,18,19)/t16-,21+/m1/s1. The lowest BCUT2D eigenvalue weighted by Gasteiger charge is -2.40. The van der Waals surface area contributed by atoms with Gasteiger partial charge in [0.2, 0.25) is 0 Å². The molecule has 4 nitrogen and oxygen atoms in total. The average Bonchev–Trinajstić information content (AvgIpc) is 2.37. The summed E-state index contributed by atoms with van der Waals surface area (Å²) in [5.74, 6) is -0.870. The molecule has 0 bridgehead atoms. The van der Waals surface area contributed by atoms with Crippen LogP contribution in [0.2, 0.25) is 0 Å². The van der Waals surface area contributed by atoms with E-state index in [9.17, 15) is 14.5 Å². The highest BCUT2D eigenvalue weighted by Gasteiger charge is 2.44. The summed E-state index contributed by atoms with van der Waals surface area (Å²) >= 11 is -1.31. The summed E-state index contributed by atoms with van der Waals surface area (Å²) in [5, 5.41) is 9.33. The molecular formula is C16H23NO3S. The number of aryl methyl sites for hydroxylation is 1. The predicted molar refractivity (Wildman–Crippen MR) is 84.3 cm³/mol. The predicted octanol–water partition coefficient (Wildman–Crippen LogP) is 2.74. The molecule has 0 amide bonds. The number of benzene rings is 1. The van der Waals surface area contributed by atoms with Crippen LogP contribution in [0.5, 0.6) is 0 Å². The zero-order chi connectivity index (χ0) is 15.7. The molecule has 21 heavy (non-hydrogen) atoms. The summed E-state index contributed by atoms with van der Waals surface area (Å²) in [6.45, 7) is 5.66. The van der Waals surface area contributed by atoms with Gasteiger partial charge in [0.15, 0.2) is 0 Å². The normalized spacial score (nSPS) is 23.4. The van der Waals surface area contributed by atoms with Gasteiger partial charge in [0, 0.05) is 11.4 Å². The lowest BCUT2D eigenvalue weighted by molar-refractivity contribution is -0.138. The second-order valence-corrected chi connectivity index (χ2v) is 8.61. The molecule has 1 aromatic carbocycles. The summed E-state index contributed by atoms with van der Waals surface area (Å²) in [6, 6.07) is 7.88. The zero-order valence-corrected chi connectivity index (χ0v) is 13.6. The highest BCUT2D eigenvalue weighted by atomic mass is 32.2. The van der Waals surface area contributed by atoms with E-state index < -0.39 is 27.6 Å². The van der Waals surface area contributed by atoms with Crippen LogP contribution in [0, 0.1) is 0 Å². The minimum Gasteiger partial charge on any atom is -0.598 e. The number of hydrogen-bond donors (Lipinski definition) is 2. The fourth-order valence-corrected chi connectivity index (χ4v) is 3.78. The van der Waals surface area contributed by atoms with Gasteiger partial charge in [-0.1, -0.05) is 24.3 Å². The van der Waals surface area contributed by atoms with E-state index in [1.165, 1.54) is 0 Å². The summed E-state index contributed by atoms with van der Waals surface area (Å²) in [6.07, 6.45) is 2.49. The largest absolute Gasteiger partial charge is 0.598 e. The molecule has 0 aliphatic heterocycles.